The third-order valence-electron chi connectivity index (χ3n) is 2.20. The van der Waals surface area contributed by atoms with Gasteiger partial charge in [0.05, 0.1) is 11.6 Å². The van der Waals surface area contributed by atoms with Crippen LogP contribution in [0, 0.1) is 14.9 Å². The van der Waals surface area contributed by atoms with E-state index in [1.807, 2.05) is 48.7 Å². The van der Waals surface area contributed by atoms with Gasteiger partial charge >= 0.3 is 0 Å². The smallest absolute Gasteiger partial charge is 0.0998 e. The van der Waals surface area contributed by atoms with Crippen molar-refractivity contribution in [2.24, 2.45) is 0 Å². The molecule has 78 valence electrons. The molecule has 2 aromatic rings. The molecule has 1 heterocycles. The van der Waals surface area contributed by atoms with E-state index < -0.39 is 0 Å². The highest BCUT2D eigenvalue weighted by Gasteiger charge is 2.00. The van der Waals surface area contributed by atoms with Crippen molar-refractivity contribution in [2.45, 2.75) is 0 Å². The largest absolute Gasteiger partial charge is 0.362 e. The van der Waals surface area contributed by atoms with Crippen LogP contribution in [-0.2, 0) is 0 Å². The number of nitriles is 1. The molecule has 3 heteroatoms. The van der Waals surface area contributed by atoms with Crippen molar-refractivity contribution in [3.05, 3.63) is 57.4 Å². The number of aromatic nitrogens is 1. The summed E-state index contributed by atoms with van der Waals surface area (Å²) < 4.78 is 1.17. The van der Waals surface area contributed by atoms with Crippen LogP contribution in [0.2, 0.25) is 0 Å². The predicted octanol–water partition coefficient (Wildman–Crippen LogP) is 3.68. The van der Waals surface area contributed by atoms with E-state index in [4.69, 9.17) is 5.26 Å². The van der Waals surface area contributed by atoms with Gasteiger partial charge in [-0.25, -0.2) is 0 Å². The van der Waals surface area contributed by atoms with Crippen molar-refractivity contribution in [1.82, 2.24) is 4.98 Å². The Hall–Kier alpha value is -1.54. The van der Waals surface area contributed by atoms with Gasteiger partial charge in [0.2, 0.25) is 0 Å². The van der Waals surface area contributed by atoms with Crippen LogP contribution >= 0.6 is 22.6 Å². The number of allylic oxidation sites excluding steroid dienone is 1. The van der Waals surface area contributed by atoms with E-state index in [1.54, 1.807) is 0 Å². The molecular weight excluding hydrogens is 311 g/mol. The Balaban J connectivity index is 2.37. The van der Waals surface area contributed by atoms with Gasteiger partial charge < -0.3 is 4.98 Å². The highest BCUT2D eigenvalue weighted by Crippen LogP contribution is 2.18. The molecule has 0 saturated carbocycles. The summed E-state index contributed by atoms with van der Waals surface area (Å²) in [5, 5.41) is 9.11. The van der Waals surface area contributed by atoms with Crippen LogP contribution in [0.15, 0.2) is 42.6 Å². The van der Waals surface area contributed by atoms with Crippen molar-refractivity contribution < 1.29 is 0 Å². The Bertz CT molecular complexity index is 530. The van der Waals surface area contributed by atoms with Gasteiger partial charge in [0, 0.05) is 15.5 Å². The highest BCUT2D eigenvalue weighted by molar-refractivity contribution is 14.1. The van der Waals surface area contributed by atoms with E-state index in [2.05, 4.69) is 33.6 Å². The molecule has 1 N–H and O–H groups in total. The van der Waals surface area contributed by atoms with Gasteiger partial charge in [0.1, 0.15) is 0 Å². The Morgan fingerprint density at radius 3 is 2.56 bits per heavy atom. The topological polar surface area (TPSA) is 39.6 Å². The lowest BCUT2D eigenvalue weighted by molar-refractivity contribution is 1.38. The number of hydrogen-bond acceptors (Lipinski definition) is 1. The van der Waals surface area contributed by atoms with E-state index in [-0.39, 0.29) is 0 Å². The van der Waals surface area contributed by atoms with Gasteiger partial charge in [-0.05, 0) is 58.5 Å². The zero-order chi connectivity index (χ0) is 11.4. The fourth-order valence-electron chi connectivity index (χ4n) is 1.40. The van der Waals surface area contributed by atoms with Crippen molar-refractivity contribution in [2.75, 3.05) is 0 Å². The number of nitrogens with zero attached hydrogens (tertiary/aromatic N) is 1. The van der Waals surface area contributed by atoms with E-state index in [0.29, 0.717) is 5.57 Å². The summed E-state index contributed by atoms with van der Waals surface area (Å²) in [5.74, 6) is 0. The standard InChI is InChI=1S/C13H9IN2/c14-12-5-3-10(4-6-12)11(9-15)8-13-2-1-7-16-13/h1-8,16H/b11-8+. The molecule has 0 atom stereocenters. The van der Waals surface area contributed by atoms with Gasteiger partial charge in [-0.1, -0.05) is 12.1 Å². The quantitative estimate of drug-likeness (QED) is 0.665. The maximum atomic E-state index is 9.11. The first-order valence-electron chi connectivity index (χ1n) is 4.81. The number of rotatable bonds is 2. The van der Waals surface area contributed by atoms with Crippen molar-refractivity contribution in [3.63, 3.8) is 0 Å². The summed E-state index contributed by atoms with van der Waals surface area (Å²) in [5.41, 5.74) is 2.55. The lowest BCUT2D eigenvalue weighted by atomic mass is 10.1. The van der Waals surface area contributed by atoms with Crippen LogP contribution in [0.1, 0.15) is 11.3 Å². The third kappa shape index (κ3) is 2.52. The van der Waals surface area contributed by atoms with E-state index in [9.17, 15) is 0 Å². The first-order valence-corrected chi connectivity index (χ1v) is 5.88. The van der Waals surface area contributed by atoms with Crippen LogP contribution in [0.25, 0.3) is 11.6 Å². The summed E-state index contributed by atoms with van der Waals surface area (Å²) >= 11 is 2.25. The second-order valence-corrected chi connectivity index (χ2v) is 4.55. The summed E-state index contributed by atoms with van der Waals surface area (Å²) in [6.45, 7) is 0. The molecule has 0 unspecified atom stereocenters. The van der Waals surface area contributed by atoms with Crippen LogP contribution in [0.5, 0.6) is 0 Å². The van der Waals surface area contributed by atoms with Gasteiger partial charge in [0.25, 0.3) is 0 Å². The maximum absolute atomic E-state index is 9.11. The Morgan fingerprint density at radius 1 is 1.25 bits per heavy atom. The predicted molar refractivity (Wildman–Crippen MR) is 73.4 cm³/mol. The average Bonchev–Trinajstić information content (AvgIpc) is 2.80. The van der Waals surface area contributed by atoms with Gasteiger partial charge in [-0.15, -0.1) is 0 Å². The normalized spacial score (nSPS) is 11.1. The lowest BCUT2D eigenvalue weighted by Crippen LogP contribution is -1.82. The zero-order valence-electron chi connectivity index (χ0n) is 8.44. The van der Waals surface area contributed by atoms with E-state index in [0.717, 1.165) is 11.3 Å². The number of hydrogen-bond donors (Lipinski definition) is 1. The minimum Gasteiger partial charge on any atom is -0.362 e. The van der Waals surface area contributed by atoms with E-state index >= 15 is 0 Å². The fourth-order valence-corrected chi connectivity index (χ4v) is 1.76. The molecule has 0 spiro atoms. The number of aromatic amines is 1. The second kappa shape index (κ2) is 4.99. The Morgan fingerprint density at radius 2 is 2.00 bits per heavy atom. The molecule has 1 aromatic carbocycles. The molecule has 0 bridgehead atoms. The summed E-state index contributed by atoms with van der Waals surface area (Å²) in [7, 11) is 0. The molecule has 0 amide bonds. The average molecular weight is 320 g/mol. The lowest BCUT2D eigenvalue weighted by Gasteiger charge is -1.98. The SMILES string of the molecule is N#C/C(=C\c1ccc[nH]1)c1ccc(I)cc1. The molecule has 0 aliphatic heterocycles. The first-order chi connectivity index (χ1) is 7.79. The van der Waals surface area contributed by atoms with Crippen LogP contribution < -0.4 is 0 Å². The Labute approximate surface area is 108 Å². The third-order valence-corrected chi connectivity index (χ3v) is 2.92. The maximum Gasteiger partial charge on any atom is 0.0998 e. The second-order valence-electron chi connectivity index (χ2n) is 3.30. The van der Waals surface area contributed by atoms with Gasteiger partial charge in [-0.3, -0.25) is 0 Å². The molecule has 0 saturated heterocycles. The van der Waals surface area contributed by atoms with Crippen LogP contribution in [0.3, 0.4) is 0 Å². The van der Waals surface area contributed by atoms with Gasteiger partial charge in [0.15, 0.2) is 0 Å². The molecule has 0 aliphatic carbocycles. The molecule has 0 radical (unpaired) electrons. The minimum absolute atomic E-state index is 0.666. The zero-order valence-corrected chi connectivity index (χ0v) is 10.6. The minimum atomic E-state index is 0.666. The number of halogens is 1. The van der Waals surface area contributed by atoms with Crippen LogP contribution in [-0.4, -0.2) is 4.98 Å². The fraction of sp³-hybridized carbons (Fsp3) is 0. The molecular formula is C13H9IN2. The van der Waals surface area contributed by atoms with Crippen LogP contribution in [0.4, 0.5) is 0 Å². The Kier molecular flexibility index (Phi) is 3.42. The van der Waals surface area contributed by atoms with E-state index in [1.165, 1.54) is 3.57 Å². The van der Waals surface area contributed by atoms with Crippen molar-refractivity contribution >= 4 is 34.2 Å². The van der Waals surface area contributed by atoms with Crippen molar-refractivity contribution in [1.29, 1.82) is 5.26 Å². The molecule has 2 nitrogen and oxygen atoms in total. The summed E-state index contributed by atoms with van der Waals surface area (Å²) in [6, 6.07) is 14.0. The number of benzene rings is 1. The monoisotopic (exact) mass is 320 g/mol. The number of H-pyrrole nitrogens is 1. The molecule has 0 aliphatic rings. The molecule has 1 aromatic heterocycles. The summed E-state index contributed by atoms with van der Waals surface area (Å²) in [4.78, 5) is 3.05. The molecule has 0 fully saturated rings. The molecule has 2 rings (SSSR count). The summed E-state index contributed by atoms with van der Waals surface area (Å²) in [6.07, 6.45) is 3.69. The highest BCUT2D eigenvalue weighted by atomic mass is 127. The molecule has 16 heavy (non-hydrogen) atoms. The van der Waals surface area contributed by atoms with Gasteiger partial charge in [-0.2, -0.15) is 5.26 Å². The van der Waals surface area contributed by atoms with Crippen molar-refractivity contribution in [3.8, 4) is 6.07 Å². The number of nitrogens with one attached hydrogen (secondary N) is 1. The first kappa shape index (κ1) is 11.0.